The summed E-state index contributed by atoms with van der Waals surface area (Å²) in [5, 5.41) is 14.3. The second kappa shape index (κ2) is 6.20. The average Bonchev–Trinajstić information content (AvgIpc) is 2.95. The van der Waals surface area contributed by atoms with Crippen molar-refractivity contribution in [2.45, 2.75) is 10.6 Å². The molecule has 6 heteroatoms. The van der Waals surface area contributed by atoms with E-state index in [-0.39, 0.29) is 5.75 Å². The molecule has 0 aliphatic rings. The molecule has 0 fully saturated rings. The van der Waals surface area contributed by atoms with Crippen LogP contribution in [-0.4, -0.2) is 15.2 Å². The van der Waals surface area contributed by atoms with E-state index >= 15 is 0 Å². The van der Waals surface area contributed by atoms with Gasteiger partial charge in [0.25, 0.3) is 0 Å². The van der Waals surface area contributed by atoms with Gasteiger partial charge in [-0.05, 0) is 24.3 Å². The van der Waals surface area contributed by atoms with Crippen LogP contribution in [-0.2, 0) is 5.75 Å². The van der Waals surface area contributed by atoms with Gasteiger partial charge in [-0.25, -0.2) is 0 Å². The molecule has 1 N–H and O–H groups in total. The minimum atomic E-state index is 0.247. The van der Waals surface area contributed by atoms with Gasteiger partial charge in [0.15, 0.2) is 0 Å². The van der Waals surface area contributed by atoms with Gasteiger partial charge >= 0.3 is 0 Å². The lowest BCUT2D eigenvalue weighted by Gasteiger charge is -2.00. The molecule has 3 rings (SSSR count). The molecule has 0 amide bonds. The van der Waals surface area contributed by atoms with Crippen LogP contribution in [0.15, 0.2) is 57.9 Å². The molecule has 1 aromatic heterocycles. The maximum atomic E-state index is 9.70. The summed E-state index contributed by atoms with van der Waals surface area (Å²) < 4.78 is 5.21. The van der Waals surface area contributed by atoms with Crippen molar-refractivity contribution in [3.8, 4) is 17.1 Å². The molecule has 1 heterocycles. The molecule has 2 aromatic carbocycles. The minimum absolute atomic E-state index is 0.247. The number of thioether (sulfide) groups is 1. The third-order valence-corrected chi connectivity index (χ3v) is 4.05. The van der Waals surface area contributed by atoms with E-state index in [1.807, 2.05) is 24.3 Å². The molecule has 3 aromatic rings. The fourth-order valence-corrected chi connectivity index (χ4v) is 2.75. The normalized spacial score (nSPS) is 10.7. The molecule has 0 bridgehead atoms. The molecule has 0 aliphatic heterocycles. The number of phenolic OH excluding ortho intramolecular Hbond substituents is 1. The van der Waals surface area contributed by atoms with Crippen LogP contribution in [0.5, 0.6) is 5.75 Å². The number of aromatic hydroxyl groups is 1. The van der Waals surface area contributed by atoms with Crippen LogP contribution in [0, 0.1) is 0 Å². The number of hydrogen-bond donors (Lipinski definition) is 1. The second-order valence-corrected chi connectivity index (χ2v) is 5.73. The monoisotopic (exact) mass is 318 g/mol. The third kappa shape index (κ3) is 3.37. The molecule has 0 unspecified atom stereocenters. The Morgan fingerprint density at radius 3 is 2.81 bits per heavy atom. The Bertz CT molecular complexity index is 761. The van der Waals surface area contributed by atoms with Crippen molar-refractivity contribution >= 4 is 23.4 Å². The lowest BCUT2D eigenvalue weighted by Crippen LogP contribution is -1.83. The Morgan fingerprint density at radius 2 is 2.00 bits per heavy atom. The van der Waals surface area contributed by atoms with E-state index in [4.69, 9.17) is 16.1 Å². The van der Waals surface area contributed by atoms with E-state index in [0.29, 0.717) is 22.5 Å². The average molecular weight is 319 g/mol. The van der Waals surface area contributed by atoms with Gasteiger partial charge in [0.05, 0.1) is 5.75 Å². The minimum Gasteiger partial charge on any atom is -0.507 e. The maximum absolute atomic E-state index is 9.70. The van der Waals surface area contributed by atoms with E-state index in [1.54, 1.807) is 24.3 Å². The van der Waals surface area contributed by atoms with Crippen LogP contribution >= 0.6 is 23.4 Å². The van der Waals surface area contributed by atoms with Crippen LogP contribution in [0.3, 0.4) is 0 Å². The highest BCUT2D eigenvalue weighted by molar-refractivity contribution is 7.98. The number of aromatic nitrogens is 2. The summed E-state index contributed by atoms with van der Waals surface area (Å²) in [4.78, 5) is 5.11. The van der Waals surface area contributed by atoms with Crippen molar-refractivity contribution in [3.05, 3.63) is 59.4 Å². The molecular formula is C15H11ClN2O2S. The number of nitrogens with zero attached hydrogens (tertiary/aromatic N) is 2. The number of halogens is 1. The van der Waals surface area contributed by atoms with Crippen molar-refractivity contribution < 1.29 is 9.63 Å². The molecule has 0 atom stereocenters. The van der Waals surface area contributed by atoms with Crippen molar-refractivity contribution in [2.75, 3.05) is 0 Å². The Kier molecular flexibility index (Phi) is 4.13. The first kappa shape index (κ1) is 14.0. The van der Waals surface area contributed by atoms with Crippen LogP contribution in [0.2, 0.25) is 5.02 Å². The Balaban J connectivity index is 1.72. The lowest BCUT2D eigenvalue weighted by atomic mass is 10.2. The molecule has 0 spiro atoms. The lowest BCUT2D eigenvalue weighted by molar-refractivity contribution is 0.391. The summed E-state index contributed by atoms with van der Waals surface area (Å²) >= 11 is 7.38. The fraction of sp³-hybridized carbons (Fsp3) is 0.0667. The highest BCUT2D eigenvalue weighted by Crippen LogP contribution is 2.30. The number of phenols is 1. The smallest absolute Gasteiger partial charge is 0.237 e. The summed E-state index contributed by atoms with van der Waals surface area (Å²) in [6.07, 6.45) is 0. The van der Waals surface area contributed by atoms with Gasteiger partial charge < -0.3 is 9.63 Å². The Morgan fingerprint density at radius 1 is 1.14 bits per heavy atom. The second-order valence-electron chi connectivity index (χ2n) is 4.28. The molecule has 21 heavy (non-hydrogen) atoms. The van der Waals surface area contributed by atoms with E-state index in [1.165, 1.54) is 11.8 Å². The number of rotatable bonds is 4. The first-order chi connectivity index (χ1) is 10.2. The summed E-state index contributed by atoms with van der Waals surface area (Å²) in [5.74, 6) is 1.74. The topological polar surface area (TPSA) is 59.2 Å². The highest BCUT2D eigenvalue weighted by Gasteiger charge is 2.10. The zero-order valence-corrected chi connectivity index (χ0v) is 12.4. The van der Waals surface area contributed by atoms with Crippen molar-refractivity contribution in [1.82, 2.24) is 10.1 Å². The van der Waals surface area contributed by atoms with Crippen LogP contribution in [0.4, 0.5) is 0 Å². The zero-order valence-electron chi connectivity index (χ0n) is 10.9. The Labute approximate surface area is 130 Å². The molecule has 4 nitrogen and oxygen atoms in total. The van der Waals surface area contributed by atoms with Gasteiger partial charge in [0.1, 0.15) is 5.75 Å². The summed E-state index contributed by atoms with van der Waals surface area (Å²) in [5.41, 5.74) is 0.810. The predicted octanol–water partition coefficient (Wildman–Crippen LogP) is 4.39. The predicted molar refractivity (Wildman–Crippen MR) is 82.4 cm³/mol. The largest absolute Gasteiger partial charge is 0.507 e. The van der Waals surface area contributed by atoms with E-state index < -0.39 is 0 Å². The molecule has 0 radical (unpaired) electrons. The maximum Gasteiger partial charge on any atom is 0.237 e. The summed E-state index contributed by atoms with van der Waals surface area (Å²) in [6, 6.07) is 14.4. The third-order valence-electron chi connectivity index (χ3n) is 2.77. The SMILES string of the molecule is Oc1ccccc1SCc1nc(-c2cccc(Cl)c2)no1. The summed E-state index contributed by atoms with van der Waals surface area (Å²) in [7, 11) is 0. The van der Waals surface area contributed by atoms with E-state index in [9.17, 15) is 5.11 Å². The molecule has 0 saturated heterocycles. The molecule has 106 valence electrons. The van der Waals surface area contributed by atoms with Gasteiger partial charge in [-0.2, -0.15) is 4.98 Å². The quantitative estimate of drug-likeness (QED) is 0.723. The van der Waals surface area contributed by atoms with Gasteiger partial charge in [0, 0.05) is 15.5 Å². The van der Waals surface area contributed by atoms with E-state index in [2.05, 4.69) is 10.1 Å². The number of benzene rings is 2. The van der Waals surface area contributed by atoms with Crippen LogP contribution < -0.4 is 0 Å². The van der Waals surface area contributed by atoms with Gasteiger partial charge in [-0.1, -0.05) is 41.0 Å². The van der Waals surface area contributed by atoms with E-state index in [0.717, 1.165) is 10.5 Å². The zero-order chi connectivity index (χ0) is 14.7. The first-order valence-electron chi connectivity index (χ1n) is 6.22. The van der Waals surface area contributed by atoms with Crippen LogP contribution in [0.25, 0.3) is 11.4 Å². The van der Waals surface area contributed by atoms with Crippen molar-refractivity contribution in [1.29, 1.82) is 0 Å². The van der Waals surface area contributed by atoms with Gasteiger partial charge in [0.2, 0.25) is 11.7 Å². The van der Waals surface area contributed by atoms with Crippen LogP contribution in [0.1, 0.15) is 5.89 Å². The Hall–Kier alpha value is -1.98. The number of para-hydroxylation sites is 1. The van der Waals surface area contributed by atoms with Gasteiger partial charge in [-0.15, -0.1) is 11.8 Å². The van der Waals surface area contributed by atoms with Gasteiger partial charge in [-0.3, -0.25) is 0 Å². The molecular weight excluding hydrogens is 308 g/mol. The summed E-state index contributed by atoms with van der Waals surface area (Å²) in [6.45, 7) is 0. The molecule has 0 aliphatic carbocycles. The standard InChI is InChI=1S/C15H11ClN2O2S/c16-11-5-3-4-10(8-11)15-17-14(20-18-15)9-21-13-7-2-1-6-12(13)19/h1-8,19H,9H2. The first-order valence-corrected chi connectivity index (χ1v) is 7.58. The van der Waals surface area contributed by atoms with Crippen molar-refractivity contribution in [2.24, 2.45) is 0 Å². The van der Waals surface area contributed by atoms with Crippen molar-refractivity contribution in [3.63, 3.8) is 0 Å². The number of hydrogen-bond acceptors (Lipinski definition) is 5. The fourth-order valence-electron chi connectivity index (χ4n) is 1.78. The highest BCUT2D eigenvalue weighted by atomic mass is 35.5. The molecule has 0 saturated carbocycles.